The Kier molecular flexibility index (Phi) is 6.39. The minimum absolute atomic E-state index is 0.423. The van der Waals surface area contributed by atoms with Gasteiger partial charge in [-0.25, -0.2) is 0 Å². The number of nitrogens with one attached hydrogen (secondary N) is 2. The largest absolute Gasteiger partial charge is 0.439 e. The number of ether oxygens (including phenoxy) is 1. The van der Waals surface area contributed by atoms with Crippen LogP contribution in [-0.4, -0.2) is 28.2 Å². The van der Waals surface area contributed by atoms with Gasteiger partial charge in [0.25, 0.3) is 0 Å². The molecule has 2 aromatic carbocycles. The molecule has 2 heterocycles. The molecule has 4 rings (SSSR count). The van der Waals surface area contributed by atoms with Crippen molar-refractivity contribution in [1.82, 2.24) is 15.3 Å². The molecule has 0 bridgehead atoms. The quantitative estimate of drug-likeness (QED) is 0.563. The molecular formula is C23H25N5OS. The lowest BCUT2D eigenvalue weighted by Crippen LogP contribution is -2.29. The highest BCUT2D eigenvalue weighted by molar-refractivity contribution is 7.80. The number of hydrogen-bond acceptors (Lipinski definition) is 5. The molecule has 1 saturated heterocycles. The monoisotopic (exact) mass is 419 g/mol. The van der Waals surface area contributed by atoms with Crippen molar-refractivity contribution in [3.63, 3.8) is 0 Å². The minimum atomic E-state index is 0.423. The second kappa shape index (κ2) is 9.54. The molecule has 154 valence electrons. The molecule has 1 fully saturated rings. The Hall–Kier alpha value is -3.19. The molecule has 0 spiro atoms. The first kappa shape index (κ1) is 20.1. The number of para-hydroxylation sites is 1. The van der Waals surface area contributed by atoms with Gasteiger partial charge >= 0.3 is 0 Å². The second-order valence-corrected chi connectivity index (χ2v) is 7.70. The van der Waals surface area contributed by atoms with Crippen LogP contribution >= 0.6 is 12.2 Å². The summed E-state index contributed by atoms with van der Waals surface area (Å²) in [5.74, 6) is 2.49. The molecule has 0 radical (unpaired) electrons. The second-order valence-electron chi connectivity index (χ2n) is 7.29. The lowest BCUT2D eigenvalue weighted by atomic mass is 10.1. The molecule has 0 amide bonds. The van der Waals surface area contributed by atoms with E-state index in [2.05, 4.69) is 56.7 Å². The Bertz CT molecular complexity index is 988. The predicted molar refractivity (Wildman–Crippen MR) is 124 cm³/mol. The maximum atomic E-state index is 5.96. The number of nitrogens with zero attached hydrogens (tertiary/aromatic N) is 3. The van der Waals surface area contributed by atoms with E-state index in [1.165, 1.54) is 5.56 Å². The number of rotatable bonds is 6. The fraction of sp³-hybridized carbons (Fsp3) is 0.261. The van der Waals surface area contributed by atoms with Gasteiger partial charge in [0, 0.05) is 25.7 Å². The average molecular weight is 420 g/mol. The van der Waals surface area contributed by atoms with Gasteiger partial charge in [0.05, 0.1) is 0 Å². The van der Waals surface area contributed by atoms with E-state index in [0.29, 0.717) is 23.5 Å². The van der Waals surface area contributed by atoms with Crippen LogP contribution in [0.15, 0.2) is 60.7 Å². The summed E-state index contributed by atoms with van der Waals surface area (Å²) in [5, 5.41) is 6.79. The molecule has 0 atom stereocenters. The SMILES string of the molecule is Cc1ccc(CNC(=S)Nc2nc(Oc3ccccc3)cc(N3CCCC3)n2)cc1. The van der Waals surface area contributed by atoms with Gasteiger partial charge in [-0.05, 0) is 49.7 Å². The predicted octanol–water partition coefficient (Wildman–Crippen LogP) is 4.66. The fourth-order valence-corrected chi connectivity index (χ4v) is 3.44. The van der Waals surface area contributed by atoms with Gasteiger partial charge < -0.3 is 20.3 Å². The summed E-state index contributed by atoms with van der Waals surface area (Å²) < 4.78 is 5.96. The molecule has 7 heteroatoms. The Morgan fingerprint density at radius 3 is 2.50 bits per heavy atom. The van der Waals surface area contributed by atoms with Crippen LogP contribution < -0.4 is 20.3 Å². The van der Waals surface area contributed by atoms with E-state index in [1.54, 1.807) is 0 Å². The van der Waals surface area contributed by atoms with Gasteiger partial charge in [-0.15, -0.1) is 0 Å². The van der Waals surface area contributed by atoms with Crippen molar-refractivity contribution in [3.8, 4) is 11.6 Å². The molecule has 2 N–H and O–H groups in total. The van der Waals surface area contributed by atoms with E-state index in [-0.39, 0.29) is 0 Å². The number of hydrogen-bond donors (Lipinski definition) is 2. The molecule has 6 nitrogen and oxygen atoms in total. The zero-order chi connectivity index (χ0) is 20.8. The summed E-state index contributed by atoms with van der Waals surface area (Å²) in [5.41, 5.74) is 2.39. The molecule has 0 unspecified atom stereocenters. The molecule has 0 saturated carbocycles. The van der Waals surface area contributed by atoms with Crippen LogP contribution in [0.3, 0.4) is 0 Å². The maximum Gasteiger partial charge on any atom is 0.234 e. The molecule has 1 aliphatic rings. The van der Waals surface area contributed by atoms with Crippen molar-refractivity contribution in [2.24, 2.45) is 0 Å². The minimum Gasteiger partial charge on any atom is -0.439 e. The molecule has 1 aliphatic heterocycles. The van der Waals surface area contributed by atoms with Gasteiger partial charge in [0.15, 0.2) is 5.11 Å². The van der Waals surface area contributed by atoms with E-state index < -0.39 is 0 Å². The van der Waals surface area contributed by atoms with E-state index >= 15 is 0 Å². The van der Waals surface area contributed by atoms with Crippen LogP contribution in [0.2, 0.25) is 0 Å². The molecule has 0 aliphatic carbocycles. The normalized spacial score (nSPS) is 13.2. The third-order valence-electron chi connectivity index (χ3n) is 4.88. The number of benzene rings is 2. The van der Waals surface area contributed by atoms with Crippen LogP contribution in [0.5, 0.6) is 11.6 Å². The maximum absolute atomic E-state index is 5.96. The van der Waals surface area contributed by atoms with Crippen molar-refractivity contribution in [3.05, 3.63) is 71.8 Å². The molecular weight excluding hydrogens is 394 g/mol. The highest BCUT2D eigenvalue weighted by Gasteiger charge is 2.17. The summed E-state index contributed by atoms with van der Waals surface area (Å²) in [6.45, 7) is 4.67. The van der Waals surface area contributed by atoms with Gasteiger partial charge in [0.2, 0.25) is 11.8 Å². The fourth-order valence-electron chi connectivity index (χ4n) is 3.27. The van der Waals surface area contributed by atoms with Crippen LogP contribution in [0.25, 0.3) is 0 Å². The zero-order valence-corrected chi connectivity index (χ0v) is 17.8. The van der Waals surface area contributed by atoms with Crippen molar-refractivity contribution >= 4 is 29.1 Å². The Labute approximate surface area is 182 Å². The van der Waals surface area contributed by atoms with Crippen molar-refractivity contribution in [1.29, 1.82) is 0 Å². The van der Waals surface area contributed by atoms with Gasteiger partial charge in [-0.1, -0.05) is 48.0 Å². The van der Waals surface area contributed by atoms with Crippen LogP contribution in [0, 0.1) is 6.92 Å². The van der Waals surface area contributed by atoms with Crippen LogP contribution in [-0.2, 0) is 6.54 Å². The summed E-state index contributed by atoms with van der Waals surface area (Å²) in [7, 11) is 0. The topological polar surface area (TPSA) is 62.3 Å². The molecule has 1 aromatic heterocycles. The Balaban J connectivity index is 1.47. The first-order valence-electron chi connectivity index (χ1n) is 10.1. The van der Waals surface area contributed by atoms with Crippen molar-refractivity contribution in [2.75, 3.05) is 23.3 Å². The first-order valence-corrected chi connectivity index (χ1v) is 10.5. The summed E-state index contributed by atoms with van der Waals surface area (Å²) >= 11 is 5.46. The third kappa shape index (κ3) is 5.45. The summed E-state index contributed by atoms with van der Waals surface area (Å²) in [6.07, 6.45) is 2.33. The van der Waals surface area contributed by atoms with Gasteiger partial charge in [-0.2, -0.15) is 9.97 Å². The third-order valence-corrected chi connectivity index (χ3v) is 5.13. The first-order chi connectivity index (χ1) is 14.7. The molecule has 30 heavy (non-hydrogen) atoms. The van der Waals surface area contributed by atoms with Gasteiger partial charge in [-0.3, -0.25) is 0 Å². The number of anilines is 2. The smallest absolute Gasteiger partial charge is 0.234 e. The van der Waals surface area contributed by atoms with E-state index in [4.69, 9.17) is 17.0 Å². The van der Waals surface area contributed by atoms with E-state index in [1.807, 2.05) is 36.4 Å². The highest BCUT2D eigenvalue weighted by atomic mass is 32.1. The summed E-state index contributed by atoms with van der Waals surface area (Å²) in [4.78, 5) is 11.4. The van der Waals surface area contributed by atoms with E-state index in [9.17, 15) is 0 Å². The zero-order valence-electron chi connectivity index (χ0n) is 17.0. The Morgan fingerprint density at radius 2 is 1.77 bits per heavy atom. The number of thiocarbonyl (C=S) groups is 1. The van der Waals surface area contributed by atoms with Crippen molar-refractivity contribution in [2.45, 2.75) is 26.3 Å². The standard InChI is InChI=1S/C23H25N5OS/c1-17-9-11-18(12-10-17)16-24-23(30)27-22-25-20(28-13-5-6-14-28)15-21(26-22)29-19-7-3-2-4-8-19/h2-4,7-12,15H,5-6,13-14,16H2,1H3,(H2,24,25,26,27,30). The highest BCUT2D eigenvalue weighted by Crippen LogP contribution is 2.26. The number of aryl methyl sites for hydroxylation is 1. The lowest BCUT2D eigenvalue weighted by molar-refractivity contribution is 0.462. The van der Waals surface area contributed by atoms with Crippen LogP contribution in [0.4, 0.5) is 11.8 Å². The van der Waals surface area contributed by atoms with Gasteiger partial charge in [0.1, 0.15) is 11.6 Å². The lowest BCUT2D eigenvalue weighted by Gasteiger charge is -2.18. The molecule has 3 aromatic rings. The Morgan fingerprint density at radius 1 is 1.03 bits per heavy atom. The van der Waals surface area contributed by atoms with Crippen LogP contribution in [0.1, 0.15) is 24.0 Å². The summed E-state index contributed by atoms with van der Waals surface area (Å²) in [6, 6.07) is 19.8. The van der Waals surface area contributed by atoms with E-state index in [0.717, 1.165) is 43.1 Å². The number of aromatic nitrogens is 2. The average Bonchev–Trinajstić information content (AvgIpc) is 3.29. The van der Waals surface area contributed by atoms with Crippen molar-refractivity contribution < 1.29 is 4.74 Å².